The van der Waals surface area contributed by atoms with E-state index < -0.39 is 23.4 Å². The minimum atomic E-state index is -1.24. The monoisotopic (exact) mass is 403 g/mol. The number of imide groups is 1. The summed E-state index contributed by atoms with van der Waals surface area (Å²) < 4.78 is 5.08. The van der Waals surface area contributed by atoms with Gasteiger partial charge in [0, 0.05) is 0 Å². The molecule has 0 aliphatic carbocycles. The molecule has 0 radical (unpaired) electrons. The zero-order valence-corrected chi connectivity index (χ0v) is 16.7. The SMILES string of the molecule is CCOC(=O)[C@H]1CCC[NH+](CC(=O)NN2C(=O)N[C@](C)(c3ccccc3)C2=O)C1. The Bertz CT molecular complexity index is 799. The zero-order valence-electron chi connectivity index (χ0n) is 16.7. The van der Waals surface area contributed by atoms with Crippen molar-refractivity contribution in [2.45, 2.75) is 32.2 Å². The van der Waals surface area contributed by atoms with Crippen molar-refractivity contribution in [3.8, 4) is 0 Å². The first kappa shape index (κ1) is 20.8. The lowest BCUT2D eigenvalue weighted by atomic mass is 9.92. The molecule has 9 heteroatoms. The molecule has 0 saturated carbocycles. The Kier molecular flexibility index (Phi) is 6.17. The Morgan fingerprint density at radius 1 is 1.31 bits per heavy atom. The Morgan fingerprint density at radius 2 is 2.03 bits per heavy atom. The van der Waals surface area contributed by atoms with Crippen molar-refractivity contribution in [3.05, 3.63) is 35.9 Å². The van der Waals surface area contributed by atoms with Crippen LogP contribution >= 0.6 is 0 Å². The van der Waals surface area contributed by atoms with Crippen molar-refractivity contribution in [1.29, 1.82) is 0 Å². The van der Waals surface area contributed by atoms with Crippen LogP contribution in [0.1, 0.15) is 32.3 Å². The molecule has 3 atom stereocenters. The van der Waals surface area contributed by atoms with Gasteiger partial charge in [-0.25, -0.2) is 4.79 Å². The number of urea groups is 1. The Morgan fingerprint density at radius 3 is 2.72 bits per heavy atom. The Balaban J connectivity index is 1.60. The second-order valence-electron chi connectivity index (χ2n) is 7.57. The van der Waals surface area contributed by atoms with E-state index in [0.717, 1.165) is 29.3 Å². The molecule has 4 amide bonds. The minimum absolute atomic E-state index is 0.0645. The molecule has 2 aliphatic rings. The van der Waals surface area contributed by atoms with Gasteiger partial charge in [0.2, 0.25) is 0 Å². The highest BCUT2D eigenvalue weighted by atomic mass is 16.5. The van der Waals surface area contributed by atoms with E-state index in [1.165, 1.54) is 0 Å². The summed E-state index contributed by atoms with van der Waals surface area (Å²) in [4.78, 5) is 50.5. The second-order valence-corrected chi connectivity index (χ2v) is 7.57. The highest BCUT2D eigenvalue weighted by Crippen LogP contribution is 2.27. The summed E-state index contributed by atoms with van der Waals surface area (Å²) in [6.07, 6.45) is 1.55. The maximum atomic E-state index is 12.8. The number of hydrazine groups is 1. The van der Waals surface area contributed by atoms with Gasteiger partial charge in [-0.15, -0.1) is 0 Å². The summed E-state index contributed by atoms with van der Waals surface area (Å²) in [6, 6.07) is 8.20. The maximum Gasteiger partial charge on any atom is 0.344 e. The van der Waals surface area contributed by atoms with E-state index in [0.29, 0.717) is 18.7 Å². The number of nitrogens with zero attached hydrogens (tertiary/aromatic N) is 1. The first-order valence-electron chi connectivity index (χ1n) is 9.87. The molecule has 0 aromatic heterocycles. The third-order valence-corrected chi connectivity index (χ3v) is 5.43. The lowest BCUT2D eigenvalue weighted by Gasteiger charge is -2.28. The molecule has 3 N–H and O–H groups in total. The molecule has 156 valence electrons. The highest BCUT2D eigenvalue weighted by molar-refractivity contribution is 6.08. The number of carbonyl (C=O) groups excluding carboxylic acids is 4. The van der Waals surface area contributed by atoms with Crippen molar-refractivity contribution in [2.24, 2.45) is 5.92 Å². The molecule has 1 unspecified atom stereocenters. The topological polar surface area (TPSA) is 109 Å². The third-order valence-electron chi connectivity index (χ3n) is 5.43. The quantitative estimate of drug-likeness (QED) is 0.432. The van der Waals surface area contributed by atoms with Crippen LogP contribution in [0.15, 0.2) is 30.3 Å². The summed E-state index contributed by atoms with van der Waals surface area (Å²) in [7, 11) is 0. The predicted octanol–water partition coefficient (Wildman–Crippen LogP) is -0.657. The van der Waals surface area contributed by atoms with Gasteiger partial charge in [0.1, 0.15) is 11.5 Å². The molecule has 1 aromatic carbocycles. The fraction of sp³-hybridized carbons (Fsp3) is 0.500. The number of quaternary nitrogens is 1. The smallest absolute Gasteiger partial charge is 0.344 e. The van der Waals surface area contributed by atoms with Crippen LogP contribution in [0, 0.1) is 5.92 Å². The van der Waals surface area contributed by atoms with Gasteiger partial charge in [-0.05, 0) is 32.3 Å². The number of hydrogen-bond donors (Lipinski definition) is 3. The molecule has 29 heavy (non-hydrogen) atoms. The normalized spacial score (nSPS) is 26.8. The number of amides is 4. The predicted molar refractivity (Wildman–Crippen MR) is 102 cm³/mol. The van der Waals surface area contributed by atoms with Crippen molar-refractivity contribution in [1.82, 2.24) is 15.8 Å². The minimum Gasteiger partial charge on any atom is -0.466 e. The van der Waals surface area contributed by atoms with Gasteiger partial charge in [0.05, 0.1) is 19.7 Å². The molecular formula is C20H27N4O5+. The van der Waals surface area contributed by atoms with Gasteiger partial charge >= 0.3 is 12.0 Å². The molecule has 0 spiro atoms. The molecule has 9 nitrogen and oxygen atoms in total. The molecule has 2 fully saturated rings. The average Bonchev–Trinajstić information content (AvgIpc) is 2.93. The molecule has 1 aromatic rings. The van der Waals surface area contributed by atoms with E-state index in [-0.39, 0.29) is 18.4 Å². The average molecular weight is 403 g/mol. The van der Waals surface area contributed by atoms with E-state index in [4.69, 9.17) is 4.74 Å². The highest BCUT2D eigenvalue weighted by Gasteiger charge is 2.50. The van der Waals surface area contributed by atoms with Crippen molar-refractivity contribution < 1.29 is 28.8 Å². The largest absolute Gasteiger partial charge is 0.466 e. The van der Waals surface area contributed by atoms with Gasteiger partial charge < -0.3 is 15.0 Å². The van der Waals surface area contributed by atoms with Crippen molar-refractivity contribution in [3.63, 3.8) is 0 Å². The number of nitrogens with one attached hydrogen (secondary N) is 3. The van der Waals surface area contributed by atoms with E-state index in [2.05, 4.69) is 10.7 Å². The molecule has 2 aliphatic heterocycles. The summed E-state index contributed by atoms with van der Waals surface area (Å²) in [5.74, 6) is -1.46. The Hall–Kier alpha value is -2.94. The summed E-state index contributed by atoms with van der Waals surface area (Å²) in [6.45, 7) is 5.00. The van der Waals surface area contributed by atoms with E-state index >= 15 is 0 Å². The lowest BCUT2D eigenvalue weighted by Crippen LogP contribution is -3.15. The second kappa shape index (κ2) is 8.60. The van der Waals surface area contributed by atoms with Crippen LogP contribution in [0.25, 0.3) is 0 Å². The number of rotatable bonds is 6. The fourth-order valence-electron chi connectivity index (χ4n) is 3.87. The van der Waals surface area contributed by atoms with Crippen LogP contribution in [0.5, 0.6) is 0 Å². The number of ether oxygens (including phenoxy) is 1. The molecular weight excluding hydrogens is 376 g/mol. The van der Waals surface area contributed by atoms with Crippen LogP contribution in [-0.4, -0.2) is 55.1 Å². The van der Waals surface area contributed by atoms with Gasteiger partial charge in [0.15, 0.2) is 6.54 Å². The van der Waals surface area contributed by atoms with Gasteiger partial charge in [-0.3, -0.25) is 19.8 Å². The van der Waals surface area contributed by atoms with Crippen LogP contribution in [0.2, 0.25) is 0 Å². The maximum absolute atomic E-state index is 12.8. The fourth-order valence-corrected chi connectivity index (χ4v) is 3.87. The number of benzene rings is 1. The van der Waals surface area contributed by atoms with E-state index in [9.17, 15) is 19.2 Å². The zero-order chi connectivity index (χ0) is 21.0. The van der Waals surface area contributed by atoms with Gasteiger partial charge in [-0.2, -0.15) is 5.01 Å². The number of hydrogen-bond acceptors (Lipinski definition) is 5. The lowest BCUT2D eigenvalue weighted by molar-refractivity contribution is -0.899. The van der Waals surface area contributed by atoms with Crippen LogP contribution in [-0.2, 0) is 24.7 Å². The molecule has 0 bridgehead atoms. The summed E-state index contributed by atoms with van der Waals surface area (Å²) in [5.41, 5.74) is 1.81. The number of likely N-dealkylation sites (tertiary alicyclic amines) is 1. The van der Waals surface area contributed by atoms with Crippen molar-refractivity contribution >= 4 is 23.8 Å². The van der Waals surface area contributed by atoms with Gasteiger partial charge in [0.25, 0.3) is 11.8 Å². The standard InChI is InChI=1S/C20H26N4O5/c1-3-29-17(26)14-8-7-11-23(12-14)13-16(25)22-24-18(27)20(2,21-19(24)28)15-9-5-4-6-10-15/h4-6,9-10,14H,3,7-8,11-13H2,1-2H3,(H,21,28)(H,22,25)/p+1/t14-,20+/m0/s1. The number of piperidine rings is 1. The van der Waals surface area contributed by atoms with E-state index in [1.807, 2.05) is 6.07 Å². The van der Waals surface area contributed by atoms with Crippen LogP contribution in [0.4, 0.5) is 4.79 Å². The number of esters is 1. The van der Waals surface area contributed by atoms with Crippen LogP contribution < -0.4 is 15.6 Å². The molecule has 2 saturated heterocycles. The summed E-state index contributed by atoms with van der Waals surface area (Å²) in [5, 5.41) is 3.38. The van der Waals surface area contributed by atoms with Gasteiger partial charge in [-0.1, -0.05) is 30.3 Å². The van der Waals surface area contributed by atoms with Crippen LogP contribution in [0.3, 0.4) is 0 Å². The molecule has 2 heterocycles. The molecule has 3 rings (SSSR count). The van der Waals surface area contributed by atoms with E-state index in [1.54, 1.807) is 38.1 Å². The first-order chi connectivity index (χ1) is 13.8. The Labute approximate surface area is 169 Å². The first-order valence-corrected chi connectivity index (χ1v) is 9.87. The number of carbonyl (C=O) groups is 4. The van der Waals surface area contributed by atoms with Crippen molar-refractivity contribution in [2.75, 3.05) is 26.2 Å². The third kappa shape index (κ3) is 4.40. The summed E-state index contributed by atoms with van der Waals surface area (Å²) >= 11 is 0.